The largest absolute Gasteiger partial charge is 0.445 e. The van der Waals surface area contributed by atoms with E-state index in [0.29, 0.717) is 49.5 Å². The number of likely N-dealkylation sites (tertiary alicyclic amines) is 1. The fourth-order valence-electron chi connectivity index (χ4n) is 3.93. The highest BCUT2D eigenvalue weighted by atomic mass is 35.5. The van der Waals surface area contributed by atoms with Crippen LogP contribution in [0.2, 0.25) is 5.02 Å². The molecule has 0 aromatic heterocycles. The summed E-state index contributed by atoms with van der Waals surface area (Å²) in [5.74, 6) is 0.487. The molecule has 6 heteroatoms. The molecule has 1 saturated carbocycles. The second-order valence-electron chi connectivity index (χ2n) is 8.06. The van der Waals surface area contributed by atoms with Crippen molar-refractivity contribution in [3.8, 4) is 0 Å². The van der Waals surface area contributed by atoms with E-state index >= 15 is 4.39 Å². The van der Waals surface area contributed by atoms with Gasteiger partial charge in [0.1, 0.15) is 12.3 Å². The fourth-order valence-corrected chi connectivity index (χ4v) is 4.15. The predicted molar refractivity (Wildman–Crippen MR) is 112 cm³/mol. The Morgan fingerprint density at radius 3 is 2.66 bits per heavy atom. The molecule has 1 heterocycles. The molecule has 2 atom stereocenters. The Labute approximate surface area is 176 Å². The quantitative estimate of drug-likeness (QED) is 0.726. The highest BCUT2D eigenvalue weighted by molar-refractivity contribution is 6.30. The monoisotopic (exact) mass is 416 g/mol. The summed E-state index contributed by atoms with van der Waals surface area (Å²) in [7, 11) is 0. The molecule has 2 aromatic carbocycles. The van der Waals surface area contributed by atoms with Gasteiger partial charge in [-0.1, -0.05) is 54.1 Å². The maximum atomic E-state index is 15.2. The van der Waals surface area contributed by atoms with Crippen LogP contribution < -0.4 is 5.32 Å². The van der Waals surface area contributed by atoms with Gasteiger partial charge in [0.15, 0.2) is 0 Å². The highest BCUT2D eigenvalue weighted by Gasteiger charge is 2.42. The number of benzene rings is 2. The third-order valence-corrected chi connectivity index (χ3v) is 6.10. The van der Waals surface area contributed by atoms with Crippen molar-refractivity contribution in [3.63, 3.8) is 0 Å². The van der Waals surface area contributed by atoms with Crippen molar-refractivity contribution in [2.24, 2.45) is 0 Å². The van der Waals surface area contributed by atoms with E-state index in [1.165, 1.54) is 5.56 Å². The Morgan fingerprint density at radius 1 is 1.17 bits per heavy atom. The van der Waals surface area contributed by atoms with Crippen LogP contribution in [-0.2, 0) is 11.3 Å². The van der Waals surface area contributed by atoms with E-state index in [0.717, 1.165) is 12.0 Å². The molecule has 0 spiro atoms. The molecule has 2 aromatic rings. The number of piperidine rings is 1. The van der Waals surface area contributed by atoms with Crippen LogP contribution >= 0.6 is 11.6 Å². The average Bonchev–Trinajstić information content (AvgIpc) is 3.52. The molecule has 4 nitrogen and oxygen atoms in total. The number of amides is 1. The number of carbonyl (C=O) groups is 1. The van der Waals surface area contributed by atoms with Crippen molar-refractivity contribution in [2.45, 2.75) is 43.5 Å². The summed E-state index contributed by atoms with van der Waals surface area (Å²) in [6.45, 7) is 1.26. The van der Waals surface area contributed by atoms with Crippen LogP contribution in [0, 0.1) is 0 Å². The number of ether oxygens (including phenoxy) is 1. The van der Waals surface area contributed by atoms with E-state index < -0.39 is 11.8 Å². The standard InChI is InChI=1S/C23H26ClFN2O2/c24-19-8-4-5-17(13-19)15-29-22(28)27-11-9-23(25,10-12-27)16-26-21-14-20(21)18-6-2-1-3-7-18/h1-8,13,20-21,26H,9-12,14-16H2. The number of hydrogen-bond donors (Lipinski definition) is 1. The minimum absolute atomic E-state index is 0.167. The van der Waals surface area contributed by atoms with Gasteiger partial charge in [-0.25, -0.2) is 9.18 Å². The first-order valence-corrected chi connectivity index (χ1v) is 10.5. The second kappa shape index (κ2) is 8.72. The van der Waals surface area contributed by atoms with Crippen LogP contribution in [0.4, 0.5) is 9.18 Å². The number of halogens is 2. The molecule has 29 heavy (non-hydrogen) atoms. The Bertz CT molecular complexity index is 840. The predicted octanol–water partition coefficient (Wildman–Crippen LogP) is 4.93. The summed E-state index contributed by atoms with van der Waals surface area (Å²) < 4.78 is 20.5. The highest BCUT2D eigenvalue weighted by Crippen LogP contribution is 2.41. The van der Waals surface area contributed by atoms with Gasteiger partial charge in [0, 0.05) is 49.5 Å². The Balaban J connectivity index is 1.19. The van der Waals surface area contributed by atoms with E-state index in [1.54, 1.807) is 17.0 Å². The van der Waals surface area contributed by atoms with Crippen LogP contribution in [0.15, 0.2) is 54.6 Å². The zero-order chi connectivity index (χ0) is 20.3. The summed E-state index contributed by atoms with van der Waals surface area (Å²) in [4.78, 5) is 13.9. The molecule has 1 N–H and O–H groups in total. The zero-order valence-corrected chi connectivity index (χ0v) is 17.1. The third kappa shape index (κ3) is 5.28. The maximum absolute atomic E-state index is 15.2. The number of nitrogens with zero attached hydrogens (tertiary/aromatic N) is 1. The van der Waals surface area contributed by atoms with E-state index in [-0.39, 0.29) is 6.61 Å². The lowest BCUT2D eigenvalue weighted by Crippen LogP contribution is -2.49. The van der Waals surface area contributed by atoms with Crippen molar-refractivity contribution in [1.82, 2.24) is 10.2 Å². The van der Waals surface area contributed by atoms with Crippen LogP contribution in [0.5, 0.6) is 0 Å². The molecular weight excluding hydrogens is 391 g/mol. The molecule has 1 aliphatic heterocycles. The van der Waals surface area contributed by atoms with Crippen LogP contribution in [0.3, 0.4) is 0 Å². The first-order valence-electron chi connectivity index (χ1n) is 10.2. The lowest BCUT2D eigenvalue weighted by molar-refractivity contribution is 0.0408. The normalized spacial score (nSPS) is 22.9. The summed E-state index contributed by atoms with van der Waals surface area (Å²) in [5, 5.41) is 4.00. The Hall–Kier alpha value is -2.11. The van der Waals surface area contributed by atoms with Gasteiger partial charge in [0.25, 0.3) is 0 Å². The van der Waals surface area contributed by atoms with Crippen LogP contribution in [0.25, 0.3) is 0 Å². The molecule has 0 radical (unpaired) electrons. The van der Waals surface area contributed by atoms with E-state index in [9.17, 15) is 4.79 Å². The lowest BCUT2D eigenvalue weighted by Gasteiger charge is -2.36. The summed E-state index contributed by atoms with van der Waals surface area (Å²) in [6.07, 6.45) is 1.32. The summed E-state index contributed by atoms with van der Waals surface area (Å²) >= 11 is 5.94. The molecule has 154 valence electrons. The molecule has 4 rings (SSSR count). The average molecular weight is 417 g/mol. The number of nitrogens with one attached hydrogen (secondary N) is 1. The van der Waals surface area contributed by atoms with Crippen molar-refractivity contribution in [3.05, 3.63) is 70.7 Å². The first kappa shape index (κ1) is 20.2. The van der Waals surface area contributed by atoms with Crippen molar-refractivity contribution in [2.75, 3.05) is 19.6 Å². The van der Waals surface area contributed by atoms with Crippen LogP contribution in [-0.4, -0.2) is 42.3 Å². The number of rotatable bonds is 6. The number of hydrogen-bond acceptors (Lipinski definition) is 3. The number of carbonyl (C=O) groups excluding carboxylic acids is 1. The van der Waals surface area contributed by atoms with Gasteiger partial charge in [0.2, 0.25) is 0 Å². The van der Waals surface area contributed by atoms with Crippen LogP contribution in [0.1, 0.15) is 36.3 Å². The molecule has 2 aliphatic rings. The SMILES string of the molecule is O=C(OCc1cccc(Cl)c1)N1CCC(F)(CNC2CC2c2ccccc2)CC1. The molecule has 1 saturated heterocycles. The van der Waals surface area contributed by atoms with E-state index in [1.807, 2.05) is 30.3 Å². The second-order valence-corrected chi connectivity index (χ2v) is 8.50. The Kier molecular flexibility index (Phi) is 6.07. The summed E-state index contributed by atoms with van der Waals surface area (Å²) in [5.41, 5.74) is 0.882. The minimum atomic E-state index is -1.27. The van der Waals surface area contributed by atoms with Crippen molar-refractivity contribution >= 4 is 17.7 Å². The maximum Gasteiger partial charge on any atom is 0.410 e. The van der Waals surface area contributed by atoms with Crippen molar-refractivity contribution < 1.29 is 13.9 Å². The summed E-state index contributed by atoms with van der Waals surface area (Å²) in [6, 6.07) is 17.9. The first-order chi connectivity index (χ1) is 14.0. The molecular formula is C23H26ClFN2O2. The van der Waals surface area contributed by atoms with Gasteiger partial charge in [-0.05, 0) is 29.7 Å². The fraction of sp³-hybridized carbons (Fsp3) is 0.435. The minimum Gasteiger partial charge on any atom is -0.445 e. The van der Waals surface area contributed by atoms with Gasteiger partial charge < -0.3 is 15.0 Å². The molecule has 1 aliphatic carbocycles. The van der Waals surface area contributed by atoms with Gasteiger partial charge in [-0.2, -0.15) is 0 Å². The molecule has 2 fully saturated rings. The van der Waals surface area contributed by atoms with Gasteiger partial charge in [-0.15, -0.1) is 0 Å². The van der Waals surface area contributed by atoms with E-state index in [4.69, 9.17) is 16.3 Å². The van der Waals surface area contributed by atoms with Gasteiger partial charge >= 0.3 is 6.09 Å². The Morgan fingerprint density at radius 2 is 1.93 bits per heavy atom. The van der Waals surface area contributed by atoms with Gasteiger partial charge in [0.05, 0.1) is 0 Å². The molecule has 0 bridgehead atoms. The van der Waals surface area contributed by atoms with Crippen molar-refractivity contribution in [1.29, 1.82) is 0 Å². The van der Waals surface area contributed by atoms with E-state index in [2.05, 4.69) is 17.4 Å². The topological polar surface area (TPSA) is 41.6 Å². The van der Waals surface area contributed by atoms with Gasteiger partial charge in [-0.3, -0.25) is 0 Å². The third-order valence-electron chi connectivity index (χ3n) is 5.87. The lowest BCUT2D eigenvalue weighted by atomic mass is 9.93. The molecule has 2 unspecified atom stereocenters. The zero-order valence-electron chi connectivity index (χ0n) is 16.3. The molecule has 1 amide bonds. The smallest absolute Gasteiger partial charge is 0.410 e. The number of alkyl halides is 1.